The number of rotatable bonds is 2. The minimum atomic E-state index is 0.215. The molecule has 0 saturated carbocycles. The summed E-state index contributed by atoms with van der Waals surface area (Å²) in [6.45, 7) is 11.5. The summed E-state index contributed by atoms with van der Waals surface area (Å²) in [5.41, 5.74) is 10.6. The van der Waals surface area contributed by atoms with Gasteiger partial charge in [-0.1, -0.05) is 65.0 Å². The van der Waals surface area contributed by atoms with Crippen molar-refractivity contribution in [3.63, 3.8) is 0 Å². The van der Waals surface area contributed by atoms with Gasteiger partial charge in [-0.25, -0.2) is 0 Å². The highest BCUT2D eigenvalue weighted by Gasteiger charge is 2.24. The molecule has 0 fully saturated rings. The highest BCUT2D eigenvalue weighted by Crippen LogP contribution is 2.41. The SMILES string of the molecule is CCc1ccc2c(c1)Cc1cc(CC)c(C(C)(C)C)cc1-2. The summed E-state index contributed by atoms with van der Waals surface area (Å²) in [7, 11) is 0. The van der Waals surface area contributed by atoms with Crippen molar-refractivity contribution in [1.29, 1.82) is 0 Å². The van der Waals surface area contributed by atoms with Gasteiger partial charge in [-0.2, -0.15) is 0 Å². The lowest BCUT2D eigenvalue weighted by Gasteiger charge is -2.24. The minimum Gasteiger partial charge on any atom is -0.0613 e. The van der Waals surface area contributed by atoms with Gasteiger partial charge in [0.2, 0.25) is 0 Å². The molecule has 0 aliphatic heterocycles. The summed E-state index contributed by atoms with van der Waals surface area (Å²) in [6, 6.07) is 11.9. The van der Waals surface area contributed by atoms with Crippen molar-refractivity contribution in [1.82, 2.24) is 0 Å². The molecule has 0 spiro atoms. The summed E-state index contributed by atoms with van der Waals surface area (Å²) in [5, 5.41) is 0. The zero-order valence-corrected chi connectivity index (χ0v) is 14.0. The van der Waals surface area contributed by atoms with Crippen LogP contribution in [0.15, 0.2) is 30.3 Å². The molecule has 2 aromatic carbocycles. The molecule has 1 aliphatic rings. The molecule has 0 amide bonds. The first-order valence-corrected chi connectivity index (χ1v) is 8.22. The van der Waals surface area contributed by atoms with E-state index in [0.29, 0.717) is 0 Å². The summed E-state index contributed by atoms with van der Waals surface area (Å²) >= 11 is 0. The van der Waals surface area contributed by atoms with Crippen LogP contribution in [0.1, 0.15) is 62.4 Å². The molecule has 0 saturated heterocycles. The normalized spacial score (nSPS) is 13.2. The minimum absolute atomic E-state index is 0.215. The van der Waals surface area contributed by atoms with Gasteiger partial charge >= 0.3 is 0 Å². The van der Waals surface area contributed by atoms with Crippen molar-refractivity contribution < 1.29 is 0 Å². The van der Waals surface area contributed by atoms with E-state index >= 15 is 0 Å². The lowest BCUT2D eigenvalue weighted by Crippen LogP contribution is -2.14. The average molecular weight is 278 g/mol. The van der Waals surface area contributed by atoms with Crippen molar-refractivity contribution in [3.8, 4) is 11.1 Å². The third kappa shape index (κ3) is 2.41. The predicted octanol–water partition coefficient (Wildman–Crippen LogP) is 5.68. The van der Waals surface area contributed by atoms with Crippen LogP contribution in [-0.2, 0) is 24.7 Å². The van der Waals surface area contributed by atoms with E-state index in [4.69, 9.17) is 0 Å². The Morgan fingerprint density at radius 1 is 0.857 bits per heavy atom. The van der Waals surface area contributed by atoms with Crippen LogP contribution < -0.4 is 0 Å². The van der Waals surface area contributed by atoms with E-state index in [0.717, 1.165) is 19.3 Å². The fourth-order valence-electron chi connectivity index (χ4n) is 3.56. The van der Waals surface area contributed by atoms with Gasteiger partial charge in [-0.05, 0) is 63.6 Å². The summed E-state index contributed by atoms with van der Waals surface area (Å²) < 4.78 is 0. The van der Waals surface area contributed by atoms with Crippen LogP contribution in [0.3, 0.4) is 0 Å². The number of benzene rings is 2. The van der Waals surface area contributed by atoms with Crippen LogP contribution in [-0.4, -0.2) is 0 Å². The molecular weight excluding hydrogens is 252 g/mol. The van der Waals surface area contributed by atoms with Crippen LogP contribution in [0.2, 0.25) is 0 Å². The van der Waals surface area contributed by atoms with Gasteiger partial charge in [0.25, 0.3) is 0 Å². The molecular formula is C21H26. The molecule has 3 rings (SSSR count). The van der Waals surface area contributed by atoms with Crippen LogP contribution in [0, 0.1) is 0 Å². The monoisotopic (exact) mass is 278 g/mol. The van der Waals surface area contributed by atoms with Gasteiger partial charge in [-0.15, -0.1) is 0 Å². The second kappa shape index (κ2) is 5.02. The van der Waals surface area contributed by atoms with E-state index in [9.17, 15) is 0 Å². The molecule has 0 atom stereocenters. The fourth-order valence-corrected chi connectivity index (χ4v) is 3.56. The number of hydrogen-bond donors (Lipinski definition) is 0. The molecule has 0 N–H and O–H groups in total. The van der Waals surface area contributed by atoms with E-state index in [2.05, 4.69) is 65.0 Å². The first kappa shape index (κ1) is 14.4. The molecule has 21 heavy (non-hydrogen) atoms. The highest BCUT2D eigenvalue weighted by atomic mass is 14.3. The van der Waals surface area contributed by atoms with Gasteiger partial charge in [0.05, 0.1) is 0 Å². The standard InChI is InChI=1S/C21H26/c1-6-14-8-9-18-16(10-14)12-17-11-15(7-2)20(13-19(17)18)21(3,4)5/h8-11,13H,6-7,12H2,1-5H3. The fraction of sp³-hybridized carbons (Fsp3) is 0.429. The Morgan fingerprint density at radius 3 is 2.19 bits per heavy atom. The largest absolute Gasteiger partial charge is 0.0613 e. The molecule has 0 heterocycles. The van der Waals surface area contributed by atoms with Gasteiger partial charge in [-0.3, -0.25) is 0 Å². The van der Waals surface area contributed by atoms with Gasteiger partial charge in [0, 0.05) is 0 Å². The van der Waals surface area contributed by atoms with Crippen molar-refractivity contribution >= 4 is 0 Å². The lowest BCUT2D eigenvalue weighted by atomic mass is 9.81. The number of hydrogen-bond acceptors (Lipinski definition) is 0. The summed E-state index contributed by atoms with van der Waals surface area (Å²) in [4.78, 5) is 0. The van der Waals surface area contributed by atoms with Crippen LogP contribution >= 0.6 is 0 Å². The van der Waals surface area contributed by atoms with E-state index in [1.54, 1.807) is 0 Å². The van der Waals surface area contributed by atoms with Crippen molar-refractivity contribution in [2.45, 2.75) is 59.3 Å². The Bertz CT molecular complexity index is 684. The molecule has 110 valence electrons. The van der Waals surface area contributed by atoms with Crippen molar-refractivity contribution in [3.05, 3.63) is 58.1 Å². The molecule has 0 heteroatoms. The maximum Gasteiger partial charge on any atom is -0.00132 e. The first-order valence-electron chi connectivity index (χ1n) is 8.22. The molecule has 2 aromatic rings. The lowest BCUT2D eigenvalue weighted by molar-refractivity contribution is 0.583. The zero-order chi connectivity index (χ0) is 15.2. The molecule has 0 unspecified atom stereocenters. The van der Waals surface area contributed by atoms with E-state index in [-0.39, 0.29) is 5.41 Å². The number of aryl methyl sites for hydroxylation is 2. The summed E-state index contributed by atoms with van der Waals surface area (Å²) in [5.74, 6) is 0. The Balaban J connectivity index is 2.17. The third-order valence-electron chi connectivity index (χ3n) is 4.77. The predicted molar refractivity (Wildman–Crippen MR) is 92.1 cm³/mol. The van der Waals surface area contributed by atoms with Gasteiger partial charge in [0.1, 0.15) is 0 Å². The zero-order valence-electron chi connectivity index (χ0n) is 14.0. The second-order valence-electron chi connectivity index (χ2n) is 7.29. The Morgan fingerprint density at radius 2 is 1.57 bits per heavy atom. The Hall–Kier alpha value is -1.56. The maximum absolute atomic E-state index is 2.46. The van der Waals surface area contributed by atoms with E-state index < -0.39 is 0 Å². The Kier molecular flexibility index (Phi) is 3.43. The van der Waals surface area contributed by atoms with Gasteiger partial charge in [0.15, 0.2) is 0 Å². The third-order valence-corrected chi connectivity index (χ3v) is 4.77. The molecule has 1 aliphatic carbocycles. The molecule has 0 aromatic heterocycles. The van der Waals surface area contributed by atoms with Gasteiger partial charge < -0.3 is 0 Å². The summed E-state index contributed by atoms with van der Waals surface area (Å²) in [6.07, 6.45) is 3.35. The molecule has 0 radical (unpaired) electrons. The van der Waals surface area contributed by atoms with Crippen LogP contribution in [0.4, 0.5) is 0 Å². The van der Waals surface area contributed by atoms with Crippen LogP contribution in [0.25, 0.3) is 11.1 Å². The first-order chi connectivity index (χ1) is 9.94. The molecule has 0 bridgehead atoms. The maximum atomic E-state index is 2.46. The topological polar surface area (TPSA) is 0 Å². The average Bonchev–Trinajstić information content (AvgIpc) is 2.81. The van der Waals surface area contributed by atoms with Crippen molar-refractivity contribution in [2.75, 3.05) is 0 Å². The highest BCUT2D eigenvalue weighted by molar-refractivity contribution is 5.78. The van der Waals surface area contributed by atoms with E-state index in [1.165, 1.54) is 38.9 Å². The smallest absolute Gasteiger partial charge is 0.00132 e. The Labute approximate surface area is 129 Å². The molecule has 0 nitrogen and oxygen atoms in total. The quantitative estimate of drug-likeness (QED) is 0.565. The van der Waals surface area contributed by atoms with Crippen molar-refractivity contribution in [2.24, 2.45) is 0 Å². The van der Waals surface area contributed by atoms with E-state index in [1.807, 2.05) is 0 Å². The second-order valence-corrected chi connectivity index (χ2v) is 7.29. The van der Waals surface area contributed by atoms with Crippen LogP contribution in [0.5, 0.6) is 0 Å². The number of fused-ring (bicyclic) bond motifs is 3.